The average Bonchev–Trinajstić information content (AvgIpc) is 2.86. The molecule has 0 aliphatic carbocycles. The molecule has 98 valence electrons. The number of alkyl halides is 1. The summed E-state index contributed by atoms with van der Waals surface area (Å²) in [7, 11) is 0. The molecule has 0 saturated heterocycles. The van der Waals surface area contributed by atoms with E-state index < -0.39 is 0 Å². The number of nitrogens with zero attached hydrogens (tertiary/aromatic N) is 3. The van der Waals surface area contributed by atoms with Gasteiger partial charge in [0.25, 0.3) is 0 Å². The van der Waals surface area contributed by atoms with Gasteiger partial charge in [-0.3, -0.25) is 0 Å². The van der Waals surface area contributed by atoms with Gasteiger partial charge in [-0.15, -0.1) is 28.0 Å². The maximum atomic E-state index is 5.62. The first-order valence-corrected chi connectivity index (χ1v) is 7.04. The fourth-order valence-corrected chi connectivity index (χ4v) is 2.78. The largest absolute Gasteiger partial charge is 0.408 e. The highest BCUT2D eigenvalue weighted by atomic mass is 35.5. The Balaban J connectivity index is 2.06. The average molecular weight is 287 g/mol. The molecule has 0 radical (unpaired) electrons. The van der Waals surface area contributed by atoms with Crippen LogP contribution in [0.4, 0.5) is 6.01 Å². The van der Waals surface area contributed by atoms with Crippen molar-refractivity contribution in [2.75, 3.05) is 11.2 Å². The first-order chi connectivity index (χ1) is 8.60. The standard InChI is InChI=1S/C11H15ClN4OS/c1-6-10(18-8(3)13-6)7(2)14-11-16-15-9(17-11)4-5-12/h7H,4-5H2,1-3H3,(H,14,16). The second-order valence-electron chi connectivity index (χ2n) is 3.99. The van der Waals surface area contributed by atoms with Crippen molar-refractivity contribution in [1.29, 1.82) is 0 Å². The normalized spacial score (nSPS) is 12.7. The van der Waals surface area contributed by atoms with Gasteiger partial charge in [0.05, 0.1) is 16.7 Å². The Morgan fingerprint density at radius 3 is 2.78 bits per heavy atom. The van der Waals surface area contributed by atoms with Crippen LogP contribution in [0, 0.1) is 13.8 Å². The third-order valence-corrected chi connectivity index (χ3v) is 3.89. The second-order valence-corrected chi connectivity index (χ2v) is 5.60. The first-order valence-electron chi connectivity index (χ1n) is 5.69. The summed E-state index contributed by atoms with van der Waals surface area (Å²) in [5.41, 5.74) is 1.04. The summed E-state index contributed by atoms with van der Waals surface area (Å²) in [6.07, 6.45) is 0.587. The van der Waals surface area contributed by atoms with Crippen molar-refractivity contribution in [2.24, 2.45) is 0 Å². The van der Waals surface area contributed by atoms with Crippen molar-refractivity contribution in [3.05, 3.63) is 21.5 Å². The van der Waals surface area contributed by atoms with Gasteiger partial charge < -0.3 is 9.73 Å². The lowest BCUT2D eigenvalue weighted by Crippen LogP contribution is -2.06. The van der Waals surface area contributed by atoms with Crippen LogP contribution in [-0.2, 0) is 6.42 Å². The number of halogens is 1. The predicted molar refractivity (Wildman–Crippen MR) is 72.3 cm³/mol. The van der Waals surface area contributed by atoms with Crippen LogP contribution in [0.1, 0.15) is 34.4 Å². The molecular formula is C11H15ClN4OS. The molecule has 0 aliphatic heterocycles. The molecule has 5 nitrogen and oxygen atoms in total. The second kappa shape index (κ2) is 5.67. The number of aromatic nitrogens is 3. The predicted octanol–water partition coefficient (Wildman–Crippen LogP) is 3.10. The van der Waals surface area contributed by atoms with Crippen LogP contribution in [0.3, 0.4) is 0 Å². The summed E-state index contributed by atoms with van der Waals surface area (Å²) >= 11 is 7.29. The van der Waals surface area contributed by atoms with Crippen molar-refractivity contribution in [1.82, 2.24) is 15.2 Å². The number of hydrogen-bond donors (Lipinski definition) is 1. The molecule has 2 rings (SSSR count). The van der Waals surface area contributed by atoms with Crippen LogP contribution in [0.2, 0.25) is 0 Å². The van der Waals surface area contributed by atoms with Crippen LogP contribution in [-0.4, -0.2) is 21.1 Å². The van der Waals surface area contributed by atoms with Crippen LogP contribution in [0.25, 0.3) is 0 Å². The molecule has 0 amide bonds. The molecule has 0 spiro atoms. The van der Waals surface area contributed by atoms with Gasteiger partial charge in [0, 0.05) is 17.2 Å². The molecule has 7 heteroatoms. The van der Waals surface area contributed by atoms with Gasteiger partial charge in [0.1, 0.15) is 0 Å². The molecule has 2 aromatic rings. The van der Waals surface area contributed by atoms with Crippen LogP contribution in [0.5, 0.6) is 0 Å². The van der Waals surface area contributed by atoms with Gasteiger partial charge in [0.2, 0.25) is 5.89 Å². The third-order valence-electron chi connectivity index (χ3n) is 2.45. The van der Waals surface area contributed by atoms with Gasteiger partial charge in [-0.2, -0.15) is 0 Å². The van der Waals surface area contributed by atoms with E-state index in [1.54, 1.807) is 11.3 Å². The Labute approximate surface area is 115 Å². The van der Waals surface area contributed by atoms with E-state index in [1.165, 1.54) is 4.88 Å². The molecule has 0 aromatic carbocycles. The lowest BCUT2D eigenvalue weighted by atomic mass is 10.2. The number of anilines is 1. The SMILES string of the molecule is Cc1nc(C)c(C(C)Nc2nnc(CCCl)o2)s1. The first kappa shape index (κ1) is 13.3. The van der Waals surface area contributed by atoms with Gasteiger partial charge in [0.15, 0.2) is 0 Å². The van der Waals surface area contributed by atoms with E-state index in [0.717, 1.165) is 10.7 Å². The molecule has 0 bridgehead atoms. The Hall–Kier alpha value is -1.14. The van der Waals surface area contributed by atoms with E-state index in [9.17, 15) is 0 Å². The van der Waals surface area contributed by atoms with Crippen LogP contribution in [0.15, 0.2) is 4.42 Å². The highest BCUT2D eigenvalue weighted by Crippen LogP contribution is 2.27. The molecule has 1 N–H and O–H groups in total. The molecule has 2 aromatic heterocycles. The molecule has 18 heavy (non-hydrogen) atoms. The van der Waals surface area contributed by atoms with Crippen molar-refractivity contribution in [3.63, 3.8) is 0 Å². The van der Waals surface area contributed by atoms with E-state index in [4.69, 9.17) is 16.0 Å². The van der Waals surface area contributed by atoms with Gasteiger partial charge in [-0.05, 0) is 20.8 Å². The Bertz CT molecular complexity index is 525. The lowest BCUT2D eigenvalue weighted by molar-refractivity contribution is 0.508. The minimum absolute atomic E-state index is 0.0977. The van der Waals surface area contributed by atoms with E-state index in [1.807, 2.05) is 20.8 Å². The third kappa shape index (κ3) is 3.00. The summed E-state index contributed by atoms with van der Waals surface area (Å²) in [6.45, 7) is 6.05. The fraction of sp³-hybridized carbons (Fsp3) is 0.545. The van der Waals surface area contributed by atoms with Crippen molar-refractivity contribution in [3.8, 4) is 0 Å². The smallest absolute Gasteiger partial charge is 0.315 e. The summed E-state index contributed by atoms with van der Waals surface area (Å²) in [4.78, 5) is 5.59. The van der Waals surface area contributed by atoms with Crippen molar-refractivity contribution in [2.45, 2.75) is 33.2 Å². The zero-order chi connectivity index (χ0) is 13.1. The van der Waals surface area contributed by atoms with E-state index in [2.05, 4.69) is 20.5 Å². The summed E-state index contributed by atoms with van der Waals surface area (Å²) in [6, 6.07) is 0.522. The quantitative estimate of drug-likeness (QED) is 0.856. The number of nitrogens with one attached hydrogen (secondary N) is 1. The molecule has 1 atom stereocenters. The summed E-state index contributed by atoms with van der Waals surface area (Å²) in [5.74, 6) is 1.03. The lowest BCUT2D eigenvalue weighted by Gasteiger charge is -2.09. The monoisotopic (exact) mass is 286 g/mol. The highest BCUT2D eigenvalue weighted by molar-refractivity contribution is 7.11. The summed E-state index contributed by atoms with van der Waals surface area (Å²) < 4.78 is 5.43. The molecule has 1 unspecified atom stereocenters. The Morgan fingerprint density at radius 2 is 2.17 bits per heavy atom. The topological polar surface area (TPSA) is 63.8 Å². The van der Waals surface area contributed by atoms with E-state index in [-0.39, 0.29) is 6.04 Å². The number of rotatable bonds is 5. The summed E-state index contributed by atoms with van der Waals surface area (Å²) in [5, 5.41) is 12.1. The maximum Gasteiger partial charge on any atom is 0.315 e. The number of hydrogen-bond acceptors (Lipinski definition) is 6. The van der Waals surface area contributed by atoms with Gasteiger partial charge >= 0.3 is 6.01 Å². The minimum Gasteiger partial charge on any atom is -0.408 e. The number of aryl methyl sites for hydroxylation is 3. The van der Waals surface area contributed by atoms with E-state index in [0.29, 0.717) is 24.2 Å². The van der Waals surface area contributed by atoms with Crippen LogP contribution < -0.4 is 5.32 Å². The minimum atomic E-state index is 0.0977. The molecule has 0 saturated carbocycles. The Kier molecular flexibility index (Phi) is 4.19. The van der Waals surface area contributed by atoms with Crippen molar-refractivity contribution < 1.29 is 4.42 Å². The highest BCUT2D eigenvalue weighted by Gasteiger charge is 2.15. The maximum absolute atomic E-state index is 5.62. The van der Waals surface area contributed by atoms with E-state index >= 15 is 0 Å². The zero-order valence-corrected chi connectivity index (χ0v) is 12.1. The number of thiazole rings is 1. The molecule has 2 heterocycles. The molecule has 0 aliphatic rings. The van der Waals surface area contributed by atoms with Gasteiger partial charge in [-0.25, -0.2) is 4.98 Å². The van der Waals surface area contributed by atoms with Crippen LogP contribution >= 0.6 is 22.9 Å². The van der Waals surface area contributed by atoms with Crippen molar-refractivity contribution >= 4 is 29.0 Å². The molecule has 0 fully saturated rings. The Morgan fingerprint density at radius 1 is 1.39 bits per heavy atom. The van der Waals surface area contributed by atoms with Gasteiger partial charge in [-0.1, -0.05) is 5.10 Å². The molecular weight excluding hydrogens is 272 g/mol. The fourth-order valence-electron chi connectivity index (χ4n) is 1.69. The zero-order valence-electron chi connectivity index (χ0n) is 10.5.